The van der Waals surface area contributed by atoms with Gasteiger partial charge in [0.2, 0.25) is 28.6 Å². The highest BCUT2D eigenvalue weighted by atomic mass is 32.2. The molecule has 0 aliphatic carbocycles. The van der Waals surface area contributed by atoms with Crippen LogP contribution in [0.3, 0.4) is 0 Å². The number of rotatable bonds is 10. The summed E-state index contributed by atoms with van der Waals surface area (Å²) in [7, 11) is -3.81. The van der Waals surface area contributed by atoms with E-state index in [9.17, 15) is 18.0 Å². The van der Waals surface area contributed by atoms with Crippen LogP contribution in [0.25, 0.3) is 0 Å². The third kappa shape index (κ3) is 5.80. The molecule has 10 heteroatoms. The molecule has 2 aromatic carbocycles. The molecule has 0 aromatic heterocycles. The number of nitrogens with one attached hydrogen (secondary N) is 1. The van der Waals surface area contributed by atoms with Crippen molar-refractivity contribution in [3.63, 3.8) is 0 Å². The number of anilines is 1. The van der Waals surface area contributed by atoms with Crippen LogP contribution in [0.15, 0.2) is 42.5 Å². The first-order valence-electron chi connectivity index (χ1n) is 11.2. The lowest BCUT2D eigenvalue weighted by molar-refractivity contribution is -0.139. The van der Waals surface area contributed by atoms with Gasteiger partial charge in [0.15, 0.2) is 11.5 Å². The minimum absolute atomic E-state index is 0.0482. The van der Waals surface area contributed by atoms with Crippen LogP contribution in [-0.4, -0.2) is 56.8 Å². The highest BCUT2D eigenvalue weighted by molar-refractivity contribution is 7.92. The van der Waals surface area contributed by atoms with Crippen LogP contribution in [0.1, 0.15) is 31.9 Å². The SMILES string of the molecule is CCNC(=O)[C@H](C)N(Cc1cccc(C)c1)C(=O)CN(c1ccc2c(c1)OCO2)S(=O)(=O)CC. The third-order valence-corrected chi connectivity index (χ3v) is 7.32. The van der Waals surface area contributed by atoms with E-state index in [4.69, 9.17) is 9.47 Å². The average Bonchev–Trinajstić information content (AvgIpc) is 3.28. The van der Waals surface area contributed by atoms with Crippen LogP contribution < -0.4 is 19.1 Å². The molecule has 0 saturated carbocycles. The number of amides is 2. The largest absolute Gasteiger partial charge is 0.454 e. The molecule has 0 bridgehead atoms. The van der Waals surface area contributed by atoms with Crippen molar-refractivity contribution in [2.24, 2.45) is 0 Å². The van der Waals surface area contributed by atoms with Crippen molar-refractivity contribution >= 4 is 27.5 Å². The lowest BCUT2D eigenvalue weighted by atomic mass is 10.1. The first-order chi connectivity index (χ1) is 16.2. The van der Waals surface area contributed by atoms with Gasteiger partial charge in [-0.1, -0.05) is 29.8 Å². The molecule has 1 aliphatic heterocycles. The Labute approximate surface area is 200 Å². The van der Waals surface area contributed by atoms with E-state index in [0.717, 1.165) is 15.4 Å². The predicted octanol–water partition coefficient (Wildman–Crippen LogP) is 2.43. The van der Waals surface area contributed by atoms with Crippen molar-refractivity contribution in [3.05, 3.63) is 53.6 Å². The molecule has 3 rings (SSSR count). The Morgan fingerprint density at radius 2 is 1.82 bits per heavy atom. The Hall–Kier alpha value is -3.27. The van der Waals surface area contributed by atoms with E-state index in [1.807, 2.05) is 31.2 Å². The van der Waals surface area contributed by atoms with E-state index in [1.165, 1.54) is 11.8 Å². The van der Waals surface area contributed by atoms with E-state index in [0.29, 0.717) is 23.7 Å². The molecule has 0 spiro atoms. The zero-order valence-electron chi connectivity index (χ0n) is 19.9. The maximum absolute atomic E-state index is 13.5. The monoisotopic (exact) mass is 489 g/mol. The molecule has 1 aliphatic rings. The molecule has 0 radical (unpaired) electrons. The molecule has 0 unspecified atom stereocenters. The Bertz CT molecular complexity index is 1150. The number of likely N-dealkylation sites (N-methyl/N-ethyl adjacent to an activating group) is 1. The van der Waals surface area contributed by atoms with Crippen molar-refractivity contribution in [3.8, 4) is 11.5 Å². The molecule has 1 N–H and O–H groups in total. The molecule has 2 aromatic rings. The summed E-state index contributed by atoms with van der Waals surface area (Å²) in [5, 5.41) is 2.74. The second-order valence-corrected chi connectivity index (χ2v) is 10.2. The summed E-state index contributed by atoms with van der Waals surface area (Å²) in [5.41, 5.74) is 2.16. The van der Waals surface area contributed by atoms with Crippen molar-refractivity contribution < 1.29 is 27.5 Å². The smallest absolute Gasteiger partial charge is 0.244 e. The van der Waals surface area contributed by atoms with Gasteiger partial charge < -0.3 is 19.7 Å². The van der Waals surface area contributed by atoms with Crippen molar-refractivity contribution in [2.45, 2.75) is 40.3 Å². The Morgan fingerprint density at radius 1 is 1.09 bits per heavy atom. The Morgan fingerprint density at radius 3 is 2.50 bits per heavy atom. The molecule has 0 saturated heterocycles. The number of fused-ring (bicyclic) bond motifs is 1. The molecule has 1 atom stereocenters. The van der Waals surface area contributed by atoms with Gasteiger partial charge in [0.05, 0.1) is 11.4 Å². The first kappa shape index (κ1) is 25.4. The summed E-state index contributed by atoms with van der Waals surface area (Å²) in [6, 6.07) is 11.6. The van der Waals surface area contributed by atoms with Crippen LogP contribution in [0, 0.1) is 6.92 Å². The van der Waals surface area contributed by atoms with Gasteiger partial charge in [-0.05, 0) is 45.4 Å². The summed E-state index contributed by atoms with van der Waals surface area (Å²) in [6.07, 6.45) is 0. The molecule has 34 heavy (non-hydrogen) atoms. The maximum Gasteiger partial charge on any atom is 0.244 e. The van der Waals surface area contributed by atoms with Crippen molar-refractivity contribution in [1.29, 1.82) is 0 Å². The fourth-order valence-electron chi connectivity index (χ4n) is 3.67. The summed E-state index contributed by atoms with van der Waals surface area (Å²) in [6.45, 7) is 7.07. The normalized spacial score (nSPS) is 13.3. The van der Waals surface area contributed by atoms with E-state index >= 15 is 0 Å². The summed E-state index contributed by atoms with van der Waals surface area (Å²) >= 11 is 0. The number of hydrogen-bond acceptors (Lipinski definition) is 6. The fourth-order valence-corrected chi connectivity index (χ4v) is 4.73. The molecule has 2 amide bonds. The highest BCUT2D eigenvalue weighted by Crippen LogP contribution is 2.36. The van der Waals surface area contributed by atoms with Gasteiger partial charge in [0, 0.05) is 19.2 Å². The molecule has 184 valence electrons. The average molecular weight is 490 g/mol. The van der Waals surface area contributed by atoms with Crippen LogP contribution in [0.2, 0.25) is 0 Å². The minimum Gasteiger partial charge on any atom is -0.454 e. The maximum atomic E-state index is 13.5. The lowest BCUT2D eigenvalue weighted by Gasteiger charge is -2.32. The minimum atomic E-state index is -3.81. The lowest BCUT2D eigenvalue weighted by Crippen LogP contribution is -2.51. The number of benzene rings is 2. The van der Waals surface area contributed by atoms with Gasteiger partial charge in [0.25, 0.3) is 0 Å². The first-order valence-corrected chi connectivity index (χ1v) is 12.8. The van der Waals surface area contributed by atoms with Gasteiger partial charge >= 0.3 is 0 Å². The summed E-state index contributed by atoms with van der Waals surface area (Å²) in [4.78, 5) is 27.6. The number of carbonyl (C=O) groups excluding carboxylic acids is 2. The van der Waals surface area contributed by atoms with E-state index < -0.39 is 28.5 Å². The Kier molecular flexibility index (Phi) is 8.03. The Balaban J connectivity index is 1.94. The topological polar surface area (TPSA) is 105 Å². The molecule has 9 nitrogen and oxygen atoms in total. The molecule has 1 heterocycles. The van der Waals surface area contributed by atoms with Crippen molar-refractivity contribution in [2.75, 3.05) is 29.9 Å². The number of aryl methyl sites for hydroxylation is 1. The second-order valence-electron chi connectivity index (χ2n) is 8.03. The van der Waals surface area contributed by atoms with E-state index in [2.05, 4.69) is 5.32 Å². The summed E-state index contributed by atoms with van der Waals surface area (Å²) < 4.78 is 37.7. The van der Waals surface area contributed by atoms with Gasteiger partial charge in [-0.2, -0.15) is 0 Å². The molecule has 0 fully saturated rings. The van der Waals surface area contributed by atoms with Crippen LogP contribution in [0.4, 0.5) is 5.69 Å². The number of ether oxygens (including phenoxy) is 2. The highest BCUT2D eigenvalue weighted by Gasteiger charge is 2.31. The van der Waals surface area contributed by atoms with Crippen LogP contribution >= 0.6 is 0 Å². The predicted molar refractivity (Wildman–Crippen MR) is 129 cm³/mol. The van der Waals surface area contributed by atoms with E-state index in [-0.39, 0.29) is 25.0 Å². The van der Waals surface area contributed by atoms with E-state index in [1.54, 1.807) is 32.0 Å². The standard InChI is InChI=1S/C24H31N3O6S/c1-5-25-24(29)18(4)26(14-19-9-7-8-17(3)12-19)23(28)15-27(34(30,31)6-2)20-10-11-21-22(13-20)33-16-32-21/h7-13,18H,5-6,14-16H2,1-4H3,(H,25,29)/t18-/m0/s1. The van der Waals surface area contributed by atoms with Crippen LogP contribution in [0.5, 0.6) is 11.5 Å². The zero-order valence-corrected chi connectivity index (χ0v) is 20.7. The van der Waals surface area contributed by atoms with Crippen molar-refractivity contribution in [1.82, 2.24) is 10.2 Å². The van der Waals surface area contributed by atoms with Gasteiger partial charge in [-0.15, -0.1) is 0 Å². The third-order valence-electron chi connectivity index (χ3n) is 5.58. The number of hydrogen-bond donors (Lipinski definition) is 1. The zero-order chi connectivity index (χ0) is 24.9. The second kappa shape index (κ2) is 10.8. The molecular formula is C24H31N3O6S. The summed E-state index contributed by atoms with van der Waals surface area (Å²) in [5.74, 6) is -0.0757. The molecular weight excluding hydrogens is 458 g/mol. The van der Waals surface area contributed by atoms with Crippen LogP contribution in [-0.2, 0) is 26.2 Å². The fraction of sp³-hybridized carbons (Fsp3) is 0.417. The number of carbonyl (C=O) groups is 2. The van der Waals surface area contributed by atoms with Gasteiger partial charge in [-0.25, -0.2) is 8.42 Å². The van der Waals surface area contributed by atoms with Gasteiger partial charge in [0.1, 0.15) is 12.6 Å². The number of nitrogens with zero attached hydrogens (tertiary/aromatic N) is 2. The van der Waals surface area contributed by atoms with Gasteiger partial charge in [-0.3, -0.25) is 13.9 Å². The number of sulfonamides is 1. The quantitative estimate of drug-likeness (QED) is 0.550.